The van der Waals surface area contributed by atoms with Gasteiger partial charge in [-0.2, -0.15) is 5.10 Å². The molecule has 0 radical (unpaired) electrons. The van der Waals surface area contributed by atoms with Crippen LogP contribution >= 0.6 is 0 Å². The normalized spacial score (nSPS) is 24.4. The summed E-state index contributed by atoms with van der Waals surface area (Å²) >= 11 is 0. The Morgan fingerprint density at radius 1 is 1.35 bits per heavy atom. The maximum atomic E-state index is 12.9. The molecule has 1 saturated heterocycles. The number of fused-ring (bicyclic) bond motifs is 2. The van der Waals surface area contributed by atoms with E-state index in [0.29, 0.717) is 18.7 Å². The molecule has 122 valence electrons. The molecule has 0 spiro atoms. The van der Waals surface area contributed by atoms with Gasteiger partial charge < -0.3 is 9.64 Å². The van der Waals surface area contributed by atoms with Crippen LogP contribution in [-0.4, -0.2) is 50.9 Å². The molecule has 2 fully saturated rings. The highest BCUT2D eigenvalue weighted by Gasteiger charge is 2.38. The van der Waals surface area contributed by atoms with E-state index in [2.05, 4.69) is 23.9 Å². The van der Waals surface area contributed by atoms with Crippen molar-refractivity contribution in [2.75, 3.05) is 13.2 Å². The number of aromatic nitrogens is 3. The van der Waals surface area contributed by atoms with Crippen LogP contribution in [0.5, 0.6) is 0 Å². The van der Waals surface area contributed by atoms with E-state index in [1.54, 1.807) is 12.4 Å². The lowest BCUT2D eigenvalue weighted by Crippen LogP contribution is -2.51. The third-order valence-corrected chi connectivity index (χ3v) is 4.91. The minimum Gasteiger partial charge on any atom is -0.374 e. The van der Waals surface area contributed by atoms with Gasteiger partial charge in [0.15, 0.2) is 5.65 Å². The highest BCUT2D eigenvalue weighted by atomic mass is 16.5. The summed E-state index contributed by atoms with van der Waals surface area (Å²) in [5, 5.41) is 5.29. The predicted molar refractivity (Wildman–Crippen MR) is 86.3 cm³/mol. The maximum absolute atomic E-state index is 12.9. The predicted octanol–water partition coefficient (Wildman–Crippen LogP) is 2.41. The highest BCUT2D eigenvalue weighted by Crippen LogP contribution is 2.30. The molecule has 23 heavy (non-hydrogen) atoms. The smallest absolute Gasteiger partial charge is 0.255 e. The number of pyridine rings is 1. The van der Waals surface area contributed by atoms with Crippen molar-refractivity contribution < 1.29 is 9.53 Å². The molecule has 1 aliphatic carbocycles. The van der Waals surface area contributed by atoms with E-state index in [-0.39, 0.29) is 24.1 Å². The summed E-state index contributed by atoms with van der Waals surface area (Å²) in [6.07, 6.45) is 6.93. The fraction of sp³-hybridized carbons (Fsp3) is 0.588. The monoisotopic (exact) mass is 314 g/mol. The molecule has 1 aliphatic heterocycles. The summed E-state index contributed by atoms with van der Waals surface area (Å²) in [6, 6.07) is 2.39. The Kier molecular flexibility index (Phi) is 3.56. The summed E-state index contributed by atoms with van der Waals surface area (Å²) in [5.74, 6) is 0.0666. The highest BCUT2D eigenvalue weighted by molar-refractivity contribution is 5.97. The molecule has 2 aliphatic rings. The summed E-state index contributed by atoms with van der Waals surface area (Å²) in [7, 11) is 0. The lowest BCUT2D eigenvalue weighted by Gasteiger charge is -2.37. The number of hydrogen-bond donors (Lipinski definition) is 0. The number of amides is 1. The molecule has 0 unspecified atom stereocenters. The topological polar surface area (TPSA) is 60.2 Å². The molecule has 2 atom stereocenters. The number of carbonyl (C=O) groups is 1. The van der Waals surface area contributed by atoms with Crippen molar-refractivity contribution in [3.63, 3.8) is 0 Å². The van der Waals surface area contributed by atoms with E-state index in [0.717, 1.165) is 30.3 Å². The van der Waals surface area contributed by atoms with Crippen LogP contribution in [0.25, 0.3) is 11.0 Å². The van der Waals surface area contributed by atoms with Gasteiger partial charge in [0.1, 0.15) is 0 Å². The molecule has 3 heterocycles. The van der Waals surface area contributed by atoms with Gasteiger partial charge in [0.25, 0.3) is 5.91 Å². The van der Waals surface area contributed by atoms with Crippen molar-refractivity contribution in [3.8, 4) is 0 Å². The van der Waals surface area contributed by atoms with Crippen molar-refractivity contribution in [2.45, 2.75) is 51.3 Å². The molecule has 4 rings (SSSR count). The van der Waals surface area contributed by atoms with E-state index in [9.17, 15) is 4.79 Å². The third kappa shape index (κ3) is 2.41. The Morgan fingerprint density at radius 3 is 3.04 bits per heavy atom. The van der Waals surface area contributed by atoms with Crippen LogP contribution in [0.1, 0.15) is 49.5 Å². The minimum atomic E-state index is 0.0666. The minimum absolute atomic E-state index is 0.0666. The number of morpholine rings is 1. The van der Waals surface area contributed by atoms with Gasteiger partial charge in [-0.25, -0.2) is 9.67 Å². The van der Waals surface area contributed by atoms with Gasteiger partial charge in [-0.3, -0.25) is 4.79 Å². The van der Waals surface area contributed by atoms with Crippen molar-refractivity contribution in [1.29, 1.82) is 0 Å². The van der Waals surface area contributed by atoms with Crippen LogP contribution in [-0.2, 0) is 4.74 Å². The zero-order chi connectivity index (χ0) is 16.0. The zero-order valence-corrected chi connectivity index (χ0v) is 13.6. The van der Waals surface area contributed by atoms with Gasteiger partial charge in [0.05, 0.1) is 30.5 Å². The molecule has 2 aromatic rings. The standard InChI is InChI=1S/C17H22N4O2/c1-11(2)21-16-12(10-19-21)8-13(9-18-16)17(22)20-6-7-23-15-5-3-4-14(15)20/h8-11,14-15H,3-7H2,1-2H3/t14-,15+/m1/s1. The summed E-state index contributed by atoms with van der Waals surface area (Å²) in [6.45, 7) is 5.44. The first-order valence-electron chi connectivity index (χ1n) is 8.41. The van der Waals surface area contributed by atoms with Crippen molar-refractivity contribution in [2.24, 2.45) is 0 Å². The van der Waals surface area contributed by atoms with E-state index in [4.69, 9.17) is 4.74 Å². The van der Waals surface area contributed by atoms with Crippen LogP contribution in [0, 0.1) is 0 Å². The Balaban J connectivity index is 1.64. The molecule has 2 aromatic heterocycles. The summed E-state index contributed by atoms with van der Waals surface area (Å²) < 4.78 is 7.68. The van der Waals surface area contributed by atoms with E-state index >= 15 is 0 Å². The van der Waals surface area contributed by atoms with Crippen molar-refractivity contribution >= 4 is 16.9 Å². The molecule has 6 heteroatoms. The number of nitrogens with zero attached hydrogens (tertiary/aromatic N) is 4. The Morgan fingerprint density at radius 2 is 2.22 bits per heavy atom. The van der Waals surface area contributed by atoms with E-state index < -0.39 is 0 Å². The van der Waals surface area contributed by atoms with E-state index in [1.165, 1.54) is 0 Å². The number of hydrogen-bond acceptors (Lipinski definition) is 4. The molecular formula is C17H22N4O2. The quantitative estimate of drug-likeness (QED) is 0.854. The maximum Gasteiger partial charge on any atom is 0.255 e. The second-order valence-electron chi connectivity index (χ2n) is 6.73. The molecule has 1 saturated carbocycles. The van der Waals surface area contributed by atoms with Crippen LogP contribution in [0.4, 0.5) is 0 Å². The number of rotatable bonds is 2. The van der Waals surface area contributed by atoms with E-state index in [1.807, 2.05) is 15.6 Å². The van der Waals surface area contributed by atoms with Crippen LogP contribution in [0.15, 0.2) is 18.5 Å². The third-order valence-electron chi connectivity index (χ3n) is 4.91. The molecule has 1 amide bonds. The van der Waals surface area contributed by atoms with Gasteiger partial charge in [0, 0.05) is 24.2 Å². The van der Waals surface area contributed by atoms with Gasteiger partial charge in [-0.15, -0.1) is 0 Å². The fourth-order valence-corrected chi connectivity index (χ4v) is 3.78. The number of carbonyl (C=O) groups excluding carboxylic acids is 1. The second kappa shape index (κ2) is 5.60. The SMILES string of the molecule is CC(C)n1ncc2cc(C(=O)N3CCO[C@H]4CCC[C@H]43)cnc21. The molecule has 0 aromatic carbocycles. The molecule has 6 nitrogen and oxygen atoms in total. The Bertz CT molecular complexity index is 739. The van der Waals surface area contributed by atoms with Crippen LogP contribution in [0.3, 0.4) is 0 Å². The zero-order valence-electron chi connectivity index (χ0n) is 13.6. The first-order chi connectivity index (χ1) is 11.1. The average molecular weight is 314 g/mol. The second-order valence-corrected chi connectivity index (χ2v) is 6.73. The van der Waals surface area contributed by atoms with Gasteiger partial charge in [-0.05, 0) is 39.2 Å². The lowest BCUT2D eigenvalue weighted by molar-refractivity contribution is -0.0445. The molecule has 0 bridgehead atoms. The summed E-state index contributed by atoms with van der Waals surface area (Å²) in [4.78, 5) is 19.4. The van der Waals surface area contributed by atoms with Gasteiger partial charge in [-0.1, -0.05) is 0 Å². The van der Waals surface area contributed by atoms with Crippen molar-refractivity contribution in [1.82, 2.24) is 19.7 Å². The Hall–Kier alpha value is -1.95. The van der Waals surface area contributed by atoms with Gasteiger partial charge >= 0.3 is 0 Å². The first-order valence-corrected chi connectivity index (χ1v) is 8.41. The molecule has 0 N–H and O–H groups in total. The Labute approximate surface area is 135 Å². The largest absolute Gasteiger partial charge is 0.374 e. The fourth-order valence-electron chi connectivity index (χ4n) is 3.78. The van der Waals surface area contributed by atoms with Gasteiger partial charge in [0.2, 0.25) is 0 Å². The van der Waals surface area contributed by atoms with Crippen molar-refractivity contribution in [3.05, 3.63) is 24.0 Å². The number of ether oxygens (including phenoxy) is 1. The van der Waals surface area contributed by atoms with Crippen LogP contribution in [0.2, 0.25) is 0 Å². The lowest BCUT2D eigenvalue weighted by atomic mass is 10.1. The summed E-state index contributed by atoms with van der Waals surface area (Å²) in [5.41, 5.74) is 1.48. The average Bonchev–Trinajstić information content (AvgIpc) is 3.19. The van der Waals surface area contributed by atoms with Crippen LogP contribution < -0.4 is 0 Å². The molecular weight excluding hydrogens is 292 g/mol. The first kappa shape index (κ1) is 14.6.